The van der Waals surface area contributed by atoms with Crippen molar-refractivity contribution < 1.29 is 17.6 Å². The average Bonchev–Trinajstić information content (AvgIpc) is 2.96. The summed E-state index contributed by atoms with van der Waals surface area (Å²) in [6.07, 6.45) is 31.0. The minimum absolute atomic E-state index is 1.09. The van der Waals surface area contributed by atoms with Crippen molar-refractivity contribution in [2.24, 2.45) is 0 Å². The van der Waals surface area contributed by atoms with Crippen molar-refractivity contribution in [3.8, 4) is 0 Å². The van der Waals surface area contributed by atoms with E-state index < -0.39 is 38.4 Å². The summed E-state index contributed by atoms with van der Waals surface area (Å²) in [6, 6.07) is 0. The van der Waals surface area contributed by atoms with E-state index in [2.05, 4.69) is 27.7 Å². The van der Waals surface area contributed by atoms with E-state index in [9.17, 15) is 0 Å². The van der Waals surface area contributed by atoms with Gasteiger partial charge in [-0.15, -0.1) is 0 Å². The summed E-state index contributed by atoms with van der Waals surface area (Å²) in [6.45, 7) is 9.16. The Balaban J connectivity index is 5.69. The summed E-state index contributed by atoms with van der Waals surface area (Å²) >= 11 is -7.13. The van der Waals surface area contributed by atoms with Crippen LogP contribution < -0.4 is 0 Å². The molecule has 0 spiro atoms. The molecule has 0 unspecified atom stereocenters. The van der Waals surface area contributed by atoms with Gasteiger partial charge in [-0.25, -0.2) is 0 Å². The molecule has 7 heteroatoms. The van der Waals surface area contributed by atoms with E-state index in [0.717, 1.165) is 17.7 Å². The molecule has 0 saturated heterocycles. The Morgan fingerprint density at radius 3 is 0.756 bits per heavy atom. The second-order valence-electron chi connectivity index (χ2n) is 12.5. The van der Waals surface area contributed by atoms with E-state index in [1.165, 1.54) is 154 Å². The average molecular weight is 800 g/mol. The first-order chi connectivity index (χ1) is 20.1. The van der Waals surface area contributed by atoms with E-state index in [4.69, 9.17) is 17.6 Å². The zero-order valence-electron chi connectivity index (χ0n) is 28.8. The van der Waals surface area contributed by atoms with Crippen molar-refractivity contribution in [3.05, 3.63) is 0 Å². The molecule has 0 rings (SSSR count). The van der Waals surface area contributed by atoms with Gasteiger partial charge in [0.2, 0.25) is 0 Å². The molecule has 248 valence electrons. The predicted octanol–water partition coefficient (Wildman–Crippen LogP) is 12.5. The molecule has 0 fully saturated rings. The molecule has 0 saturated carbocycles. The van der Waals surface area contributed by atoms with E-state index in [1.54, 1.807) is 14.2 Å². The van der Waals surface area contributed by atoms with E-state index in [-0.39, 0.29) is 0 Å². The van der Waals surface area contributed by atoms with Gasteiger partial charge < -0.3 is 0 Å². The van der Waals surface area contributed by atoms with Crippen LogP contribution in [0.3, 0.4) is 0 Å². The second kappa shape index (κ2) is 31.4. The maximum atomic E-state index is 7.54. The maximum absolute atomic E-state index is 7.54. The molecule has 41 heavy (non-hydrogen) atoms. The van der Waals surface area contributed by atoms with E-state index in [0.29, 0.717) is 0 Å². The van der Waals surface area contributed by atoms with Gasteiger partial charge >= 0.3 is 270 Å². The number of hydrogen-bond donors (Lipinski definition) is 0. The van der Waals surface area contributed by atoms with Gasteiger partial charge in [0, 0.05) is 0 Å². The Kier molecular flexibility index (Phi) is 32.5. The van der Waals surface area contributed by atoms with Crippen LogP contribution in [0.5, 0.6) is 0 Å². The SMILES string of the molecule is CCCCCCC[CH2][Sn]([CH2]CCCCCCC)([O]OC)[O][Sn]([CH2]CCCCCCC)([CH2]CCCCCCC)[O]OC. The normalized spacial score (nSPS) is 12.4. The fourth-order valence-electron chi connectivity index (χ4n) is 6.00. The topological polar surface area (TPSA) is 46.2 Å². The Hall–Kier alpha value is 1.40. The monoisotopic (exact) mass is 802 g/mol. The molecule has 0 aliphatic heterocycles. The molecule has 0 aromatic heterocycles. The third kappa shape index (κ3) is 24.3. The van der Waals surface area contributed by atoms with Crippen LogP contribution in [0.4, 0.5) is 0 Å². The number of hydrogen-bond acceptors (Lipinski definition) is 5. The van der Waals surface area contributed by atoms with Crippen molar-refractivity contribution in [3.63, 3.8) is 0 Å². The van der Waals surface area contributed by atoms with E-state index in [1.807, 2.05) is 0 Å². The van der Waals surface area contributed by atoms with Gasteiger partial charge in [0.25, 0.3) is 0 Å². The predicted molar refractivity (Wildman–Crippen MR) is 182 cm³/mol. The summed E-state index contributed by atoms with van der Waals surface area (Å²) < 4.78 is 24.7. The van der Waals surface area contributed by atoms with Crippen molar-refractivity contribution in [2.75, 3.05) is 14.2 Å². The molecule has 0 amide bonds. The van der Waals surface area contributed by atoms with E-state index >= 15 is 0 Å². The quantitative estimate of drug-likeness (QED) is 0.0281. The van der Waals surface area contributed by atoms with Crippen LogP contribution in [-0.2, 0) is 17.6 Å². The number of unbranched alkanes of at least 4 members (excludes halogenated alkanes) is 20. The zero-order chi connectivity index (χ0) is 30.3. The molecular weight excluding hydrogens is 726 g/mol. The van der Waals surface area contributed by atoms with Gasteiger partial charge in [-0.1, -0.05) is 0 Å². The van der Waals surface area contributed by atoms with Crippen molar-refractivity contribution >= 4 is 38.4 Å². The van der Waals surface area contributed by atoms with Gasteiger partial charge in [0.15, 0.2) is 0 Å². The third-order valence-corrected chi connectivity index (χ3v) is 40.3. The molecule has 0 radical (unpaired) electrons. The molecule has 0 atom stereocenters. The minimum atomic E-state index is -3.57. The summed E-state index contributed by atoms with van der Waals surface area (Å²) in [7, 11) is 3.40. The first kappa shape index (κ1) is 42.4. The van der Waals surface area contributed by atoms with Gasteiger partial charge in [0.1, 0.15) is 0 Å². The van der Waals surface area contributed by atoms with Crippen LogP contribution >= 0.6 is 0 Å². The molecular formula is C34H74O5Sn2. The third-order valence-electron chi connectivity index (χ3n) is 8.49. The summed E-state index contributed by atoms with van der Waals surface area (Å²) in [5.41, 5.74) is 0. The Morgan fingerprint density at radius 1 is 0.317 bits per heavy atom. The number of rotatable bonds is 34. The fourth-order valence-corrected chi connectivity index (χ4v) is 44.5. The second-order valence-corrected chi connectivity index (χ2v) is 34.0. The Labute approximate surface area is 268 Å². The first-order valence-electron chi connectivity index (χ1n) is 18.2. The fraction of sp³-hybridized carbons (Fsp3) is 1.00. The van der Waals surface area contributed by atoms with Crippen molar-refractivity contribution in [1.82, 2.24) is 0 Å². The molecule has 0 N–H and O–H groups in total. The standard InChI is InChI=1S/4C8H17.2CH4O2.O.2Sn/c4*1-3-5-7-8-6-4-2;2*1-3-2;;;/h4*1,3-8H2,2H3;2*2H,1H3;;;/q;;;;;;;2*+1/p-2. The van der Waals surface area contributed by atoms with Crippen LogP contribution in [-0.4, -0.2) is 52.6 Å². The van der Waals surface area contributed by atoms with Crippen LogP contribution in [0.2, 0.25) is 17.7 Å². The summed E-state index contributed by atoms with van der Waals surface area (Å²) in [5, 5.41) is 0. The van der Waals surface area contributed by atoms with Crippen LogP contribution in [0, 0.1) is 0 Å². The Bertz CT molecular complexity index is 447. The Morgan fingerprint density at radius 2 is 0.537 bits per heavy atom. The van der Waals surface area contributed by atoms with Crippen LogP contribution in [0.15, 0.2) is 0 Å². The van der Waals surface area contributed by atoms with Crippen molar-refractivity contribution in [1.29, 1.82) is 0 Å². The van der Waals surface area contributed by atoms with Crippen molar-refractivity contribution in [2.45, 2.75) is 200 Å². The molecule has 0 aromatic rings. The summed E-state index contributed by atoms with van der Waals surface area (Å²) in [4.78, 5) is 11.1. The van der Waals surface area contributed by atoms with Gasteiger partial charge in [-0.2, -0.15) is 0 Å². The van der Waals surface area contributed by atoms with Gasteiger partial charge in [-0.05, 0) is 0 Å². The molecule has 0 aromatic carbocycles. The molecule has 0 aliphatic carbocycles. The molecule has 0 bridgehead atoms. The molecule has 5 nitrogen and oxygen atoms in total. The van der Waals surface area contributed by atoms with Crippen LogP contribution in [0.1, 0.15) is 182 Å². The summed E-state index contributed by atoms with van der Waals surface area (Å²) in [5.74, 6) is 0. The van der Waals surface area contributed by atoms with Gasteiger partial charge in [0.05, 0.1) is 0 Å². The zero-order valence-corrected chi connectivity index (χ0v) is 34.5. The van der Waals surface area contributed by atoms with Gasteiger partial charge in [-0.3, -0.25) is 0 Å². The molecule has 0 aliphatic rings. The first-order valence-corrected chi connectivity index (χ1v) is 30.9. The molecule has 0 heterocycles. The van der Waals surface area contributed by atoms with Crippen LogP contribution in [0.25, 0.3) is 0 Å².